The zero-order valence-corrected chi connectivity index (χ0v) is 14.3. The summed E-state index contributed by atoms with van der Waals surface area (Å²) in [5, 5.41) is 2.09. The molecule has 0 saturated carbocycles. The Bertz CT molecular complexity index is 720. The molecule has 0 aliphatic carbocycles. The van der Waals surface area contributed by atoms with Gasteiger partial charge in [0.2, 0.25) is 0 Å². The monoisotopic (exact) mass is 365 g/mol. The van der Waals surface area contributed by atoms with Crippen LogP contribution in [0.2, 0.25) is 0 Å². The van der Waals surface area contributed by atoms with Crippen molar-refractivity contribution < 1.29 is 23.1 Å². The second-order valence-electron chi connectivity index (χ2n) is 5.13. The molecule has 0 heterocycles. The summed E-state index contributed by atoms with van der Waals surface area (Å²) in [5.74, 6) is -2.65. The van der Waals surface area contributed by atoms with Crippen molar-refractivity contribution in [2.24, 2.45) is 0 Å². The van der Waals surface area contributed by atoms with E-state index in [1.165, 1.54) is 24.8 Å². The van der Waals surface area contributed by atoms with Crippen molar-refractivity contribution in [1.82, 2.24) is 0 Å². The number of rotatable bonds is 7. The number of hydrogen-bond donors (Lipinski definition) is 1. The molecule has 2 rings (SSSR count). The van der Waals surface area contributed by atoms with Gasteiger partial charge in [-0.05, 0) is 31.2 Å². The number of amides is 1. The Labute approximate surface area is 148 Å². The quantitative estimate of drug-likeness (QED) is 0.595. The van der Waals surface area contributed by atoms with Crippen molar-refractivity contribution in [2.45, 2.75) is 24.3 Å². The molecule has 132 valence electrons. The maximum Gasteiger partial charge on any atom is 0.307 e. The minimum Gasteiger partial charge on any atom is -0.453 e. The van der Waals surface area contributed by atoms with Crippen LogP contribution in [0.25, 0.3) is 0 Å². The topological polar surface area (TPSA) is 55.4 Å². The van der Waals surface area contributed by atoms with Crippen LogP contribution in [0.5, 0.6) is 0 Å². The predicted molar refractivity (Wildman–Crippen MR) is 92.3 cm³/mol. The first kappa shape index (κ1) is 18.9. The molecule has 2 aromatic carbocycles. The number of thioether (sulfide) groups is 1. The Morgan fingerprint density at radius 1 is 1.08 bits per heavy atom. The molecule has 1 unspecified atom stereocenters. The Kier molecular flexibility index (Phi) is 6.94. The third-order valence-corrected chi connectivity index (χ3v) is 4.22. The van der Waals surface area contributed by atoms with Crippen molar-refractivity contribution in [1.29, 1.82) is 0 Å². The minimum atomic E-state index is -1.16. The molecule has 2 aromatic rings. The first-order valence-electron chi connectivity index (χ1n) is 7.59. The Hall–Kier alpha value is -2.41. The fraction of sp³-hybridized carbons (Fsp3) is 0.222. The highest BCUT2D eigenvalue weighted by Crippen LogP contribution is 2.19. The first-order valence-corrected chi connectivity index (χ1v) is 8.58. The van der Waals surface area contributed by atoms with Crippen LogP contribution in [0.15, 0.2) is 53.4 Å². The lowest BCUT2D eigenvalue weighted by atomic mass is 10.2. The minimum absolute atomic E-state index is 0.116. The third-order valence-electron chi connectivity index (χ3n) is 3.21. The van der Waals surface area contributed by atoms with Gasteiger partial charge in [0.1, 0.15) is 17.3 Å². The summed E-state index contributed by atoms with van der Waals surface area (Å²) >= 11 is 1.49. The fourth-order valence-electron chi connectivity index (χ4n) is 1.92. The smallest absolute Gasteiger partial charge is 0.307 e. The molecule has 0 fully saturated rings. The second-order valence-corrected chi connectivity index (χ2v) is 6.30. The van der Waals surface area contributed by atoms with Gasteiger partial charge in [0.25, 0.3) is 5.91 Å². The van der Waals surface area contributed by atoms with Crippen LogP contribution >= 0.6 is 11.8 Å². The fourth-order valence-corrected chi connectivity index (χ4v) is 2.77. The van der Waals surface area contributed by atoms with Gasteiger partial charge in [0, 0.05) is 10.6 Å². The van der Waals surface area contributed by atoms with Crippen LogP contribution < -0.4 is 5.32 Å². The molecular formula is C18H17F2NO3S. The van der Waals surface area contributed by atoms with E-state index in [-0.39, 0.29) is 6.42 Å². The summed E-state index contributed by atoms with van der Waals surface area (Å²) in [6.07, 6.45) is -1.04. The van der Waals surface area contributed by atoms with E-state index in [0.717, 1.165) is 17.0 Å². The van der Waals surface area contributed by atoms with E-state index in [4.69, 9.17) is 4.74 Å². The van der Waals surface area contributed by atoms with E-state index in [2.05, 4.69) is 5.32 Å². The molecule has 0 spiro atoms. The summed E-state index contributed by atoms with van der Waals surface area (Å²) in [5.41, 5.74) is -0.560. The van der Waals surface area contributed by atoms with E-state index < -0.39 is 35.3 Å². The van der Waals surface area contributed by atoms with Gasteiger partial charge >= 0.3 is 5.97 Å². The van der Waals surface area contributed by atoms with Gasteiger partial charge in [-0.25, -0.2) is 8.78 Å². The number of halogens is 2. The maximum atomic E-state index is 13.5. The zero-order valence-electron chi connectivity index (χ0n) is 13.5. The lowest BCUT2D eigenvalue weighted by Gasteiger charge is -2.14. The molecule has 25 heavy (non-hydrogen) atoms. The number of ether oxygens (including phenoxy) is 1. The number of carbonyl (C=O) groups is 2. The van der Waals surface area contributed by atoms with Crippen LogP contribution in [0.1, 0.15) is 13.3 Å². The van der Waals surface area contributed by atoms with Gasteiger partial charge in [-0.2, -0.15) is 0 Å². The van der Waals surface area contributed by atoms with Crippen molar-refractivity contribution in [3.05, 3.63) is 60.2 Å². The number of para-hydroxylation sites is 1. The summed E-state index contributed by atoms with van der Waals surface area (Å²) in [6.45, 7) is 1.34. The number of nitrogens with one attached hydrogen (secondary N) is 1. The molecule has 0 aromatic heterocycles. The normalized spacial score (nSPS) is 11.6. The summed E-state index contributed by atoms with van der Waals surface area (Å²) < 4.78 is 32.0. The molecular weight excluding hydrogens is 348 g/mol. The molecule has 0 bridgehead atoms. The molecule has 1 N–H and O–H groups in total. The molecule has 1 atom stereocenters. The number of esters is 1. The van der Waals surface area contributed by atoms with E-state index >= 15 is 0 Å². The Morgan fingerprint density at radius 3 is 2.36 bits per heavy atom. The van der Waals surface area contributed by atoms with E-state index in [1.54, 1.807) is 0 Å². The molecule has 0 aliphatic rings. The first-order chi connectivity index (χ1) is 12.0. The molecule has 0 radical (unpaired) electrons. The molecule has 1 amide bonds. The highest BCUT2D eigenvalue weighted by atomic mass is 32.2. The van der Waals surface area contributed by atoms with Gasteiger partial charge in [-0.3, -0.25) is 9.59 Å². The number of hydrogen-bond acceptors (Lipinski definition) is 4. The van der Waals surface area contributed by atoms with Crippen LogP contribution in [0, 0.1) is 11.6 Å². The van der Waals surface area contributed by atoms with Crippen LogP contribution in [0.4, 0.5) is 14.5 Å². The van der Waals surface area contributed by atoms with Gasteiger partial charge in [0.15, 0.2) is 6.10 Å². The van der Waals surface area contributed by atoms with Crippen LogP contribution in [-0.4, -0.2) is 23.7 Å². The van der Waals surface area contributed by atoms with E-state index in [1.807, 2.05) is 30.3 Å². The number of benzene rings is 2. The van der Waals surface area contributed by atoms with Crippen molar-refractivity contribution in [2.75, 3.05) is 11.1 Å². The lowest BCUT2D eigenvalue weighted by molar-refractivity contribution is -0.152. The summed E-state index contributed by atoms with van der Waals surface area (Å²) in [4.78, 5) is 24.7. The Morgan fingerprint density at radius 2 is 1.72 bits per heavy atom. The van der Waals surface area contributed by atoms with Crippen LogP contribution in [0.3, 0.4) is 0 Å². The summed E-state index contributed by atoms with van der Waals surface area (Å²) in [7, 11) is 0. The van der Waals surface area contributed by atoms with Crippen molar-refractivity contribution in [3.63, 3.8) is 0 Å². The highest BCUT2D eigenvalue weighted by molar-refractivity contribution is 7.99. The maximum absolute atomic E-state index is 13.5. The van der Waals surface area contributed by atoms with Crippen LogP contribution in [-0.2, 0) is 14.3 Å². The molecule has 0 saturated heterocycles. The largest absolute Gasteiger partial charge is 0.453 e. The van der Waals surface area contributed by atoms with Crippen molar-refractivity contribution in [3.8, 4) is 0 Å². The zero-order chi connectivity index (χ0) is 18.2. The average molecular weight is 365 g/mol. The van der Waals surface area contributed by atoms with E-state index in [0.29, 0.717) is 5.75 Å². The third kappa shape index (κ3) is 5.86. The Balaban J connectivity index is 1.79. The van der Waals surface area contributed by atoms with E-state index in [9.17, 15) is 18.4 Å². The number of anilines is 1. The SMILES string of the molecule is CC(OC(=O)CCSc1ccccc1)C(=O)Nc1c(F)cccc1F. The predicted octanol–water partition coefficient (Wildman–Crippen LogP) is 4.02. The van der Waals surface area contributed by atoms with Crippen molar-refractivity contribution >= 4 is 29.3 Å². The highest BCUT2D eigenvalue weighted by Gasteiger charge is 2.20. The average Bonchev–Trinajstić information content (AvgIpc) is 2.59. The molecule has 4 nitrogen and oxygen atoms in total. The van der Waals surface area contributed by atoms with Gasteiger partial charge in [-0.15, -0.1) is 11.8 Å². The lowest BCUT2D eigenvalue weighted by Crippen LogP contribution is -2.30. The standard InChI is InChI=1S/C18H17F2NO3S/c1-12(18(23)21-17-14(19)8-5-9-15(17)20)24-16(22)10-11-25-13-6-3-2-4-7-13/h2-9,12H,10-11H2,1H3,(H,21,23). The van der Waals surface area contributed by atoms with Gasteiger partial charge in [-0.1, -0.05) is 24.3 Å². The number of carbonyl (C=O) groups excluding carboxylic acids is 2. The molecule has 0 aliphatic heterocycles. The van der Waals surface area contributed by atoms with Gasteiger partial charge in [0.05, 0.1) is 6.42 Å². The second kappa shape index (κ2) is 9.17. The molecule has 7 heteroatoms. The summed E-state index contributed by atoms with van der Waals surface area (Å²) in [6, 6.07) is 12.8. The van der Waals surface area contributed by atoms with Gasteiger partial charge < -0.3 is 10.1 Å².